The van der Waals surface area contributed by atoms with E-state index in [0.717, 1.165) is 24.9 Å². The summed E-state index contributed by atoms with van der Waals surface area (Å²) in [7, 11) is -2.14. The van der Waals surface area contributed by atoms with Crippen molar-refractivity contribution in [2.75, 3.05) is 6.54 Å². The fourth-order valence-electron chi connectivity index (χ4n) is 3.21. The lowest BCUT2D eigenvalue weighted by Crippen LogP contribution is -2.39. The Bertz CT molecular complexity index is 762. The largest absolute Gasteiger partial charge is 0.261 e. The first-order chi connectivity index (χ1) is 11.2. The Kier molecular flexibility index (Phi) is 5.26. The van der Waals surface area contributed by atoms with E-state index in [0.29, 0.717) is 23.9 Å². The molecule has 2 aromatic rings. The average molecular weight is 327 g/mol. The molecule has 0 N–H and O–H groups in total. The highest BCUT2D eigenvalue weighted by molar-refractivity contribution is 7.72. The molecule has 2 aromatic carbocycles. The third-order valence-corrected chi connectivity index (χ3v) is 5.21. The van der Waals surface area contributed by atoms with E-state index in [2.05, 4.69) is 12.1 Å². The highest BCUT2D eigenvalue weighted by Crippen LogP contribution is 2.24. The van der Waals surface area contributed by atoms with Crippen LogP contribution in [0.5, 0.6) is 0 Å². The van der Waals surface area contributed by atoms with Gasteiger partial charge < -0.3 is 0 Å². The van der Waals surface area contributed by atoms with Gasteiger partial charge in [-0.2, -0.15) is 8.42 Å². The van der Waals surface area contributed by atoms with Crippen molar-refractivity contribution in [3.63, 3.8) is 0 Å². The van der Waals surface area contributed by atoms with Gasteiger partial charge in [0.2, 0.25) is 10.3 Å². The van der Waals surface area contributed by atoms with Crippen LogP contribution < -0.4 is 0 Å². The standard InChI is InChI=1S/C19H21NO2S/c21-23(22)19-14-18(13-16-7-3-1-4-8-16)11-12-20(19)15-17-9-5-2-6-10-17/h1-10,18H,11-15H2. The second-order valence-electron chi connectivity index (χ2n) is 6.08. The maximum absolute atomic E-state index is 11.7. The van der Waals surface area contributed by atoms with Gasteiger partial charge in [0.15, 0.2) is 0 Å². The minimum absolute atomic E-state index is 0.400. The van der Waals surface area contributed by atoms with Gasteiger partial charge in [-0.3, -0.25) is 4.90 Å². The zero-order valence-corrected chi connectivity index (χ0v) is 13.9. The van der Waals surface area contributed by atoms with Gasteiger partial charge in [-0.25, -0.2) is 0 Å². The smallest absolute Gasteiger partial charge is 0.228 e. The van der Waals surface area contributed by atoms with Crippen LogP contribution in [0.15, 0.2) is 60.7 Å². The lowest BCUT2D eigenvalue weighted by Gasteiger charge is -2.32. The van der Waals surface area contributed by atoms with E-state index in [9.17, 15) is 8.42 Å². The van der Waals surface area contributed by atoms with Crippen LogP contribution in [0.2, 0.25) is 0 Å². The summed E-state index contributed by atoms with van der Waals surface area (Å²) in [6.07, 6.45) is 2.61. The van der Waals surface area contributed by atoms with E-state index < -0.39 is 10.3 Å². The van der Waals surface area contributed by atoms with Crippen molar-refractivity contribution in [1.82, 2.24) is 4.90 Å². The molecule has 1 aliphatic rings. The topological polar surface area (TPSA) is 37.4 Å². The SMILES string of the molecule is O=S(=O)=C1CC(Cc2ccccc2)CCN1Cc1ccccc1. The molecule has 0 spiro atoms. The van der Waals surface area contributed by atoms with Crippen molar-refractivity contribution < 1.29 is 8.42 Å². The Morgan fingerprint density at radius 2 is 1.52 bits per heavy atom. The number of nitrogens with zero attached hydrogens (tertiary/aromatic N) is 1. The number of rotatable bonds is 4. The summed E-state index contributed by atoms with van der Waals surface area (Å²) in [6.45, 7) is 1.47. The Hall–Kier alpha value is -1.91. The second-order valence-corrected chi connectivity index (χ2v) is 7.02. The highest BCUT2D eigenvalue weighted by Gasteiger charge is 2.26. The maximum Gasteiger partial charge on any atom is 0.228 e. The molecule has 1 atom stereocenters. The van der Waals surface area contributed by atoms with Crippen molar-refractivity contribution in [1.29, 1.82) is 0 Å². The Morgan fingerprint density at radius 1 is 0.913 bits per heavy atom. The van der Waals surface area contributed by atoms with Crippen molar-refractivity contribution in [2.24, 2.45) is 5.92 Å². The van der Waals surface area contributed by atoms with E-state index in [1.165, 1.54) is 5.56 Å². The molecule has 23 heavy (non-hydrogen) atoms. The lowest BCUT2D eigenvalue weighted by atomic mass is 9.90. The fourth-order valence-corrected chi connectivity index (χ4v) is 3.95. The van der Waals surface area contributed by atoms with Crippen LogP contribution >= 0.6 is 0 Å². The summed E-state index contributed by atoms with van der Waals surface area (Å²) in [5, 5.41) is 0. The zero-order chi connectivity index (χ0) is 16.1. The van der Waals surface area contributed by atoms with Crippen LogP contribution in [0.3, 0.4) is 0 Å². The monoisotopic (exact) mass is 327 g/mol. The van der Waals surface area contributed by atoms with Gasteiger partial charge in [0.05, 0.1) is 0 Å². The third-order valence-electron chi connectivity index (χ3n) is 4.40. The van der Waals surface area contributed by atoms with Crippen molar-refractivity contribution in [2.45, 2.75) is 25.8 Å². The molecule has 1 saturated heterocycles. The van der Waals surface area contributed by atoms with Crippen molar-refractivity contribution >= 4 is 15.3 Å². The summed E-state index contributed by atoms with van der Waals surface area (Å²) < 4.78 is 23.3. The molecule has 3 rings (SSSR count). The Labute approximate surface area is 139 Å². The predicted molar refractivity (Wildman–Crippen MR) is 93.6 cm³/mol. The normalized spacial score (nSPS) is 18.8. The summed E-state index contributed by atoms with van der Waals surface area (Å²) >= 11 is 0. The summed E-state index contributed by atoms with van der Waals surface area (Å²) in [5.74, 6) is 0.400. The number of likely N-dealkylation sites (tertiary alicyclic amines) is 1. The van der Waals surface area contributed by atoms with Crippen LogP contribution in [-0.2, 0) is 23.3 Å². The van der Waals surface area contributed by atoms with Gasteiger partial charge in [-0.1, -0.05) is 60.7 Å². The summed E-state index contributed by atoms with van der Waals surface area (Å²) in [5.41, 5.74) is 2.43. The van der Waals surface area contributed by atoms with Crippen LogP contribution in [0, 0.1) is 5.92 Å². The van der Waals surface area contributed by atoms with E-state index in [1.54, 1.807) is 0 Å². The first-order valence-corrected chi connectivity index (χ1v) is 9.08. The molecule has 1 unspecified atom stereocenters. The molecule has 3 nitrogen and oxygen atoms in total. The Balaban J connectivity index is 1.71. The predicted octanol–water partition coefficient (Wildman–Crippen LogP) is 3.15. The van der Waals surface area contributed by atoms with Gasteiger partial charge in [0, 0.05) is 19.5 Å². The molecular formula is C19H21NO2S. The number of benzene rings is 2. The molecule has 0 amide bonds. The fraction of sp³-hybridized carbons (Fsp3) is 0.316. The van der Waals surface area contributed by atoms with Crippen LogP contribution in [0.25, 0.3) is 0 Å². The van der Waals surface area contributed by atoms with Gasteiger partial charge in [0.1, 0.15) is 4.99 Å². The number of piperidine rings is 1. The van der Waals surface area contributed by atoms with Gasteiger partial charge in [-0.05, 0) is 29.9 Å². The van der Waals surface area contributed by atoms with E-state index in [4.69, 9.17) is 0 Å². The quantitative estimate of drug-likeness (QED) is 0.810. The third kappa shape index (κ3) is 4.30. The van der Waals surface area contributed by atoms with E-state index in [-0.39, 0.29) is 0 Å². The maximum atomic E-state index is 11.7. The molecule has 1 fully saturated rings. The average Bonchev–Trinajstić information content (AvgIpc) is 2.58. The second kappa shape index (κ2) is 7.57. The van der Waals surface area contributed by atoms with Crippen molar-refractivity contribution in [3.05, 3.63) is 71.8 Å². The molecular weight excluding hydrogens is 306 g/mol. The molecule has 0 bridgehead atoms. The highest BCUT2D eigenvalue weighted by atomic mass is 32.2. The van der Waals surface area contributed by atoms with E-state index in [1.807, 2.05) is 53.4 Å². The van der Waals surface area contributed by atoms with E-state index >= 15 is 0 Å². The minimum atomic E-state index is -2.14. The molecule has 0 aliphatic carbocycles. The first kappa shape index (κ1) is 16.0. The Morgan fingerprint density at radius 3 is 2.13 bits per heavy atom. The van der Waals surface area contributed by atoms with Gasteiger partial charge in [-0.15, -0.1) is 0 Å². The van der Waals surface area contributed by atoms with Gasteiger partial charge in [0.25, 0.3) is 0 Å². The zero-order valence-electron chi connectivity index (χ0n) is 13.1. The molecule has 4 heteroatoms. The minimum Gasteiger partial charge on any atom is -0.261 e. The van der Waals surface area contributed by atoms with Crippen LogP contribution in [-0.4, -0.2) is 24.9 Å². The summed E-state index contributed by atoms with van der Waals surface area (Å²) in [6, 6.07) is 20.4. The summed E-state index contributed by atoms with van der Waals surface area (Å²) in [4.78, 5) is 2.57. The van der Waals surface area contributed by atoms with Gasteiger partial charge >= 0.3 is 0 Å². The molecule has 120 valence electrons. The van der Waals surface area contributed by atoms with Crippen LogP contribution in [0.1, 0.15) is 24.0 Å². The first-order valence-electron chi connectivity index (χ1n) is 8.00. The molecule has 0 aromatic heterocycles. The van der Waals surface area contributed by atoms with Crippen molar-refractivity contribution in [3.8, 4) is 0 Å². The molecule has 1 heterocycles. The molecule has 1 aliphatic heterocycles. The molecule has 0 saturated carbocycles. The molecule has 0 radical (unpaired) electrons. The number of hydrogen-bond acceptors (Lipinski definition) is 2. The van der Waals surface area contributed by atoms with Crippen LogP contribution in [0.4, 0.5) is 0 Å². The number of hydrogen-bond donors (Lipinski definition) is 0. The lowest BCUT2D eigenvalue weighted by molar-refractivity contribution is 0.312.